The fourth-order valence-corrected chi connectivity index (χ4v) is 3.43. The second kappa shape index (κ2) is 8.22. The summed E-state index contributed by atoms with van der Waals surface area (Å²) in [6, 6.07) is 13.9. The Morgan fingerprint density at radius 2 is 1.93 bits per heavy atom. The van der Waals surface area contributed by atoms with Crippen LogP contribution in [-0.4, -0.2) is 21.7 Å². The van der Waals surface area contributed by atoms with Crippen LogP contribution in [0.4, 0.5) is 10.1 Å². The van der Waals surface area contributed by atoms with Gasteiger partial charge in [0.25, 0.3) is 0 Å². The molecule has 1 aromatic heterocycles. The maximum atomic E-state index is 13.1. The molecular formula is C20H19BrFN5O. The molecule has 0 aliphatic carbocycles. The van der Waals surface area contributed by atoms with Crippen LogP contribution in [0.15, 0.2) is 65.4 Å². The van der Waals surface area contributed by atoms with Crippen molar-refractivity contribution in [1.29, 1.82) is 0 Å². The highest BCUT2D eigenvalue weighted by Crippen LogP contribution is 2.23. The van der Waals surface area contributed by atoms with Crippen LogP contribution in [0.5, 0.6) is 0 Å². The largest absolute Gasteiger partial charge is 0.322 e. The average molecular weight is 444 g/mol. The summed E-state index contributed by atoms with van der Waals surface area (Å²) in [5.41, 5.74) is 8.80. The molecule has 2 atom stereocenters. The number of hydrogen-bond donors (Lipinski definition) is 3. The zero-order valence-corrected chi connectivity index (χ0v) is 16.5. The number of anilines is 1. The van der Waals surface area contributed by atoms with Crippen LogP contribution in [0, 0.1) is 5.82 Å². The molecule has 0 saturated carbocycles. The Bertz CT molecular complexity index is 957. The van der Waals surface area contributed by atoms with Crippen LogP contribution in [0.2, 0.25) is 0 Å². The number of amides is 1. The minimum atomic E-state index is -0.384. The van der Waals surface area contributed by atoms with Crippen LogP contribution in [0.1, 0.15) is 23.6 Å². The SMILES string of the molecule is O=C(Nc1cnn(Cc2ccc(Br)cc2)c1)C1CC(c2ccc(F)cc2)NN1. The molecule has 1 fully saturated rings. The van der Waals surface area contributed by atoms with Gasteiger partial charge in [-0.1, -0.05) is 40.2 Å². The van der Waals surface area contributed by atoms with Gasteiger partial charge in [0, 0.05) is 16.7 Å². The summed E-state index contributed by atoms with van der Waals surface area (Å²) in [6.07, 6.45) is 4.01. The Morgan fingerprint density at radius 3 is 2.68 bits per heavy atom. The smallest absolute Gasteiger partial charge is 0.243 e. The summed E-state index contributed by atoms with van der Waals surface area (Å²) >= 11 is 3.42. The summed E-state index contributed by atoms with van der Waals surface area (Å²) in [5.74, 6) is -0.413. The van der Waals surface area contributed by atoms with Crippen molar-refractivity contribution in [3.63, 3.8) is 0 Å². The number of hydrogen-bond acceptors (Lipinski definition) is 4. The zero-order chi connectivity index (χ0) is 19.5. The standard InChI is InChI=1S/C20H19BrFN5O/c21-15-5-1-13(2-6-15)11-27-12-17(10-23-27)24-20(28)19-9-18(25-26-19)14-3-7-16(22)8-4-14/h1-8,10,12,18-19,25-26H,9,11H2,(H,24,28). The topological polar surface area (TPSA) is 71.0 Å². The van der Waals surface area contributed by atoms with E-state index in [1.54, 1.807) is 29.2 Å². The molecule has 3 N–H and O–H groups in total. The predicted molar refractivity (Wildman–Crippen MR) is 108 cm³/mol. The molecule has 0 radical (unpaired) electrons. The first-order valence-corrected chi connectivity index (χ1v) is 9.70. The van der Waals surface area contributed by atoms with E-state index in [1.165, 1.54) is 12.1 Å². The minimum Gasteiger partial charge on any atom is -0.322 e. The van der Waals surface area contributed by atoms with E-state index in [9.17, 15) is 9.18 Å². The molecule has 3 aromatic rings. The number of aromatic nitrogens is 2. The molecule has 4 rings (SSSR count). The maximum absolute atomic E-state index is 13.1. The van der Waals surface area contributed by atoms with E-state index in [4.69, 9.17) is 0 Å². The third-order valence-electron chi connectivity index (χ3n) is 4.65. The summed E-state index contributed by atoms with van der Waals surface area (Å²) in [6.45, 7) is 0.624. The molecule has 6 nitrogen and oxygen atoms in total. The number of carbonyl (C=O) groups excluding carboxylic acids is 1. The molecule has 0 bridgehead atoms. The average Bonchev–Trinajstić information content (AvgIpc) is 3.34. The Kier molecular flexibility index (Phi) is 5.52. The molecule has 0 spiro atoms. The molecule has 144 valence electrons. The number of benzene rings is 2. The maximum Gasteiger partial charge on any atom is 0.243 e. The van der Waals surface area contributed by atoms with Gasteiger partial charge in [-0.05, 0) is 41.8 Å². The first-order chi connectivity index (χ1) is 13.6. The molecule has 1 saturated heterocycles. The van der Waals surface area contributed by atoms with Crippen molar-refractivity contribution in [3.8, 4) is 0 Å². The van der Waals surface area contributed by atoms with Crippen molar-refractivity contribution in [2.75, 3.05) is 5.32 Å². The number of carbonyl (C=O) groups is 1. The first-order valence-electron chi connectivity index (χ1n) is 8.91. The second-order valence-electron chi connectivity index (χ2n) is 6.72. The quantitative estimate of drug-likeness (QED) is 0.565. The highest BCUT2D eigenvalue weighted by atomic mass is 79.9. The predicted octanol–water partition coefficient (Wildman–Crippen LogP) is 3.38. The monoisotopic (exact) mass is 443 g/mol. The Labute approximate surface area is 170 Å². The molecular weight excluding hydrogens is 425 g/mol. The lowest BCUT2D eigenvalue weighted by Gasteiger charge is -2.09. The number of nitrogens with one attached hydrogen (secondary N) is 3. The van der Waals surface area contributed by atoms with E-state index in [0.717, 1.165) is 15.6 Å². The van der Waals surface area contributed by atoms with Gasteiger partial charge >= 0.3 is 0 Å². The van der Waals surface area contributed by atoms with Gasteiger partial charge in [0.2, 0.25) is 5.91 Å². The van der Waals surface area contributed by atoms with Gasteiger partial charge in [-0.2, -0.15) is 5.10 Å². The van der Waals surface area contributed by atoms with Crippen molar-refractivity contribution in [1.82, 2.24) is 20.6 Å². The molecule has 1 aliphatic heterocycles. The normalized spacial score (nSPS) is 18.9. The lowest BCUT2D eigenvalue weighted by Crippen LogP contribution is -2.39. The van der Waals surface area contributed by atoms with E-state index in [1.807, 2.05) is 24.3 Å². The van der Waals surface area contributed by atoms with Gasteiger partial charge in [0.1, 0.15) is 11.9 Å². The molecule has 28 heavy (non-hydrogen) atoms. The number of nitrogens with zero attached hydrogens (tertiary/aromatic N) is 2. The van der Waals surface area contributed by atoms with E-state index in [-0.39, 0.29) is 23.8 Å². The van der Waals surface area contributed by atoms with Crippen molar-refractivity contribution < 1.29 is 9.18 Å². The fraction of sp³-hybridized carbons (Fsp3) is 0.200. The molecule has 8 heteroatoms. The van der Waals surface area contributed by atoms with E-state index in [2.05, 4.69) is 37.2 Å². The van der Waals surface area contributed by atoms with Crippen LogP contribution in [0.3, 0.4) is 0 Å². The van der Waals surface area contributed by atoms with E-state index in [0.29, 0.717) is 18.7 Å². The van der Waals surface area contributed by atoms with Gasteiger partial charge in [0.05, 0.1) is 18.4 Å². The van der Waals surface area contributed by atoms with Crippen molar-refractivity contribution in [3.05, 3.63) is 82.3 Å². The zero-order valence-electron chi connectivity index (χ0n) is 14.9. The Balaban J connectivity index is 1.33. The van der Waals surface area contributed by atoms with Gasteiger partial charge < -0.3 is 5.32 Å². The first kappa shape index (κ1) is 18.8. The van der Waals surface area contributed by atoms with Crippen LogP contribution < -0.4 is 16.2 Å². The molecule has 2 unspecified atom stereocenters. The highest BCUT2D eigenvalue weighted by molar-refractivity contribution is 9.10. The van der Waals surface area contributed by atoms with Gasteiger partial charge in [0.15, 0.2) is 0 Å². The number of hydrazine groups is 1. The summed E-state index contributed by atoms with van der Waals surface area (Å²) in [7, 11) is 0. The lowest BCUT2D eigenvalue weighted by molar-refractivity contribution is -0.117. The summed E-state index contributed by atoms with van der Waals surface area (Å²) < 4.78 is 15.9. The number of rotatable bonds is 5. The Morgan fingerprint density at radius 1 is 1.18 bits per heavy atom. The van der Waals surface area contributed by atoms with Gasteiger partial charge in [-0.15, -0.1) is 0 Å². The highest BCUT2D eigenvalue weighted by Gasteiger charge is 2.30. The van der Waals surface area contributed by atoms with E-state index < -0.39 is 0 Å². The third kappa shape index (κ3) is 4.46. The molecule has 1 amide bonds. The molecule has 2 heterocycles. The lowest BCUT2D eigenvalue weighted by atomic mass is 10.0. The summed E-state index contributed by atoms with van der Waals surface area (Å²) in [5, 5.41) is 7.19. The fourth-order valence-electron chi connectivity index (χ4n) is 3.16. The van der Waals surface area contributed by atoms with Gasteiger partial charge in [-0.3, -0.25) is 9.48 Å². The molecule has 1 aliphatic rings. The van der Waals surface area contributed by atoms with Crippen LogP contribution in [0.25, 0.3) is 0 Å². The molecule has 2 aromatic carbocycles. The summed E-state index contributed by atoms with van der Waals surface area (Å²) in [4.78, 5) is 12.5. The third-order valence-corrected chi connectivity index (χ3v) is 5.18. The Hall–Kier alpha value is -2.55. The van der Waals surface area contributed by atoms with Crippen molar-refractivity contribution in [2.24, 2.45) is 0 Å². The van der Waals surface area contributed by atoms with Gasteiger partial charge in [-0.25, -0.2) is 15.2 Å². The van der Waals surface area contributed by atoms with E-state index >= 15 is 0 Å². The minimum absolute atomic E-state index is 0.0449. The second-order valence-corrected chi connectivity index (χ2v) is 7.64. The van der Waals surface area contributed by atoms with Crippen molar-refractivity contribution >= 4 is 27.5 Å². The van der Waals surface area contributed by atoms with Crippen LogP contribution in [-0.2, 0) is 11.3 Å². The van der Waals surface area contributed by atoms with Crippen molar-refractivity contribution in [2.45, 2.75) is 25.0 Å². The van der Waals surface area contributed by atoms with Crippen LogP contribution >= 0.6 is 15.9 Å². The number of halogens is 2.